The first-order chi connectivity index (χ1) is 16.8. The number of nitrogens with one attached hydrogen (secondary N) is 3. The fourth-order valence-electron chi connectivity index (χ4n) is 6.03. The van der Waals surface area contributed by atoms with Gasteiger partial charge >= 0.3 is 5.97 Å². The van der Waals surface area contributed by atoms with E-state index in [2.05, 4.69) is 57.5 Å². The van der Waals surface area contributed by atoms with Crippen LogP contribution in [0.3, 0.4) is 0 Å². The molecule has 0 bridgehead atoms. The van der Waals surface area contributed by atoms with Gasteiger partial charge in [-0.2, -0.15) is 0 Å². The van der Waals surface area contributed by atoms with Crippen LogP contribution >= 0.6 is 0 Å². The van der Waals surface area contributed by atoms with Crippen molar-refractivity contribution in [1.82, 2.24) is 15.0 Å². The maximum atomic E-state index is 13.5. The molecule has 3 aromatic carbocycles. The first-order valence-corrected chi connectivity index (χ1v) is 11.5. The van der Waals surface area contributed by atoms with Gasteiger partial charge in [0.1, 0.15) is 6.10 Å². The minimum absolute atomic E-state index is 0.111. The van der Waals surface area contributed by atoms with E-state index >= 15 is 0 Å². The second-order valence-electron chi connectivity index (χ2n) is 9.09. The van der Waals surface area contributed by atoms with Crippen molar-refractivity contribution in [2.24, 2.45) is 0 Å². The van der Waals surface area contributed by atoms with Crippen molar-refractivity contribution in [3.05, 3.63) is 108 Å². The van der Waals surface area contributed by atoms with Crippen LogP contribution in [0.25, 0.3) is 43.9 Å². The molecular formula is C29H19N3O2. The van der Waals surface area contributed by atoms with E-state index in [-0.39, 0.29) is 18.0 Å². The number of para-hydroxylation sites is 3. The summed E-state index contributed by atoms with van der Waals surface area (Å²) in [5.74, 6) is -0.370. The van der Waals surface area contributed by atoms with Crippen LogP contribution in [-0.2, 0) is 9.53 Å². The monoisotopic (exact) mass is 441 g/mol. The number of aromatic nitrogens is 3. The van der Waals surface area contributed by atoms with Crippen LogP contribution in [0.2, 0.25) is 0 Å². The van der Waals surface area contributed by atoms with E-state index in [4.69, 9.17) is 4.74 Å². The lowest BCUT2D eigenvalue weighted by atomic mass is 9.91. The van der Waals surface area contributed by atoms with Gasteiger partial charge in [-0.3, -0.25) is 0 Å². The van der Waals surface area contributed by atoms with E-state index in [0.29, 0.717) is 5.57 Å². The summed E-state index contributed by atoms with van der Waals surface area (Å²) in [6.07, 6.45) is 3.62. The maximum Gasteiger partial charge on any atom is 0.339 e. The van der Waals surface area contributed by atoms with E-state index in [1.807, 2.05) is 42.6 Å². The molecule has 8 rings (SSSR count). The van der Waals surface area contributed by atoms with E-state index < -0.39 is 0 Å². The third kappa shape index (κ3) is 2.16. The molecule has 0 spiro atoms. The molecule has 5 nitrogen and oxygen atoms in total. The molecule has 0 saturated carbocycles. The highest BCUT2D eigenvalue weighted by Crippen LogP contribution is 2.56. The Bertz CT molecular complexity index is 1830. The zero-order valence-electron chi connectivity index (χ0n) is 18.1. The van der Waals surface area contributed by atoms with Crippen LogP contribution in [0.4, 0.5) is 0 Å². The predicted molar refractivity (Wildman–Crippen MR) is 133 cm³/mol. The van der Waals surface area contributed by atoms with Crippen LogP contribution in [0, 0.1) is 0 Å². The molecule has 2 aliphatic rings. The zero-order chi connectivity index (χ0) is 22.4. The highest BCUT2D eigenvalue weighted by molar-refractivity contribution is 6.32. The van der Waals surface area contributed by atoms with Crippen LogP contribution in [0.1, 0.15) is 28.3 Å². The number of hydrogen-bond acceptors (Lipinski definition) is 2. The van der Waals surface area contributed by atoms with Crippen molar-refractivity contribution in [2.45, 2.75) is 12.0 Å². The highest BCUT2D eigenvalue weighted by atomic mass is 16.5. The summed E-state index contributed by atoms with van der Waals surface area (Å²) in [5, 5.41) is 3.30. The van der Waals surface area contributed by atoms with Gasteiger partial charge in [-0.1, -0.05) is 54.6 Å². The third-order valence-corrected chi connectivity index (χ3v) is 7.43. The average molecular weight is 441 g/mol. The number of carbonyl (C=O) groups excluding carboxylic acids is 1. The topological polar surface area (TPSA) is 73.7 Å². The van der Waals surface area contributed by atoms with E-state index in [0.717, 1.165) is 60.7 Å². The lowest BCUT2D eigenvalue weighted by Crippen LogP contribution is -2.17. The summed E-state index contributed by atoms with van der Waals surface area (Å²) in [7, 11) is 0. The molecule has 0 radical (unpaired) electrons. The lowest BCUT2D eigenvalue weighted by molar-refractivity contribution is -0.137. The Balaban J connectivity index is 1.47. The van der Waals surface area contributed by atoms with Gasteiger partial charge in [-0.25, -0.2) is 4.79 Å². The summed E-state index contributed by atoms with van der Waals surface area (Å²) >= 11 is 0. The number of aromatic amines is 3. The zero-order valence-corrected chi connectivity index (χ0v) is 18.1. The van der Waals surface area contributed by atoms with Gasteiger partial charge in [-0.15, -0.1) is 0 Å². The van der Waals surface area contributed by atoms with Crippen LogP contribution in [0.5, 0.6) is 0 Å². The molecule has 6 aromatic rings. The van der Waals surface area contributed by atoms with E-state index in [1.54, 1.807) is 0 Å². The largest absolute Gasteiger partial charge is 0.453 e. The summed E-state index contributed by atoms with van der Waals surface area (Å²) in [5.41, 5.74) is 9.04. The number of H-pyrrole nitrogens is 3. The second kappa shape index (κ2) is 6.29. The van der Waals surface area contributed by atoms with Gasteiger partial charge in [0.25, 0.3) is 0 Å². The molecule has 34 heavy (non-hydrogen) atoms. The Hall–Kier alpha value is -4.51. The van der Waals surface area contributed by atoms with Crippen molar-refractivity contribution in [1.29, 1.82) is 0 Å². The molecule has 0 fully saturated rings. The Labute approximate surface area is 194 Å². The lowest BCUT2D eigenvalue weighted by Gasteiger charge is -2.17. The first-order valence-electron chi connectivity index (χ1n) is 11.5. The minimum Gasteiger partial charge on any atom is -0.453 e. The van der Waals surface area contributed by atoms with Gasteiger partial charge in [-0.05, 0) is 23.8 Å². The molecular weight excluding hydrogens is 422 g/mol. The maximum absolute atomic E-state index is 13.5. The second-order valence-corrected chi connectivity index (χ2v) is 9.09. The van der Waals surface area contributed by atoms with Crippen LogP contribution in [-0.4, -0.2) is 27.0 Å². The smallest absolute Gasteiger partial charge is 0.339 e. The number of carbonyl (C=O) groups is 1. The summed E-state index contributed by atoms with van der Waals surface area (Å²) in [6.45, 7) is 0. The Morgan fingerprint density at radius 3 is 2.18 bits per heavy atom. The Morgan fingerprint density at radius 1 is 0.706 bits per heavy atom. The molecule has 3 aromatic heterocycles. The summed E-state index contributed by atoms with van der Waals surface area (Å²) in [4.78, 5) is 23.9. The van der Waals surface area contributed by atoms with Crippen molar-refractivity contribution in [2.75, 3.05) is 0 Å². The number of ether oxygens (including phenoxy) is 1. The molecule has 0 amide bonds. The standard InChI is InChI=1S/C29H19N3O2/c33-29-24(18-13-30-20-10-4-1-7-15(18)20)26-23-17-9-3-6-12-22(17)32-27(23)25(28(26)34-29)19-14-31-21-11-5-2-8-16(19)21/h1-14,25,28,30-32H/t25-,28-/m1/s1. The predicted octanol–water partition coefficient (Wildman–Crippen LogP) is 6.11. The molecule has 1 aliphatic heterocycles. The van der Waals surface area contributed by atoms with Gasteiger partial charge in [0.2, 0.25) is 0 Å². The van der Waals surface area contributed by atoms with Gasteiger partial charge in [0.05, 0.1) is 11.5 Å². The molecule has 4 heterocycles. The van der Waals surface area contributed by atoms with Gasteiger partial charge < -0.3 is 19.7 Å². The third-order valence-electron chi connectivity index (χ3n) is 7.43. The quantitative estimate of drug-likeness (QED) is 0.284. The SMILES string of the molecule is O=C1O[C@H]2C(=C1c1c[nH]c3ccccc13)c1c([nH]c3ccccc13)[C@H]2c1c[nH]c2ccccc12. The Morgan fingerprint density at radius 2 is 1.35 bits per heavy atom. The molecule has 3 N–H and O–H groups in total. The van der Waals surface area contributed by atoms with Gasteiger partial charge in [0, 0.05) is 67.5 Å². The minimum atomic E-state index is -0.374. The van der Waals surface area contributed by atoms with Crippen molar-refractivity contribution in [3.63, 3.8) is 0 Å². The number of benzene rings is 3. The van der Waals surface area contributed by atoms with Crippen molar-refractivity contribution < 1.29 is 9.53 Å². The molecule has 1 aliphatic carbocycles. The number of fused-ring (bicyclic) bond motifs is 7. The fraction of sp³-hybridized carbons (Fsp3) is 0.0690. The highest BCUT2D eigenvalue weighted by Gasteiger charge is 2.50. The molecule has 5 heteroatoms. The fourth-order valence-corrected chi connectivity index (χ4v) is 6.03. The summed E-state index contributed by atoms with van der Waals surface area (Å²) in [6, 6.07) is 24.7. The van der Waals surface area contributed by atoms with E-state index in [1.165, 1.54) is 0 Å². The molecule has 0 unspecified atom stereocenters. The van der Waals surface area contributed by atoms with Crippen LogP contribution < -0.4 is 0 Å². The average Bonchev–Trinajstić information content (AvgIpc) is 3.65. The normalized spacial score (nSPS) is 19.4. The van der Waals surface area contributed by atoms with Crippen molar-refractivity contribution in [3.8, 4) is 0 Å². The Kier molecular flexibility index (Phi) is 3.33. The molecule has 2 atom stereocenters. The first kappa shape index (κ1) is 18.0. The van der Waals surface area contributed by atoms with E-state index in [9.17, 15) is 4.79 Å². The van der Waals surface area contributed by atoms with Crippen LogP contribution in [0.15, 0.2) is 85.2 Å². The van der Waals surface area contributed by atoms with Crippen molar-refractivity contribution >= 4 is 49.8 Å². The number of hydrogen-bond donors (Lipinski definition) is 3. The molecule has 0 saturated heterocycles. The number of rotatable bonds is 2. The van der Waals surface area contributed by atoms with Gasteiger partial charge in [0.15, 0.2) is 0 Å². The number of esters is 1. The summed E-state index contributed by atoms with van der Waals surface area (Å²) < 4.78 is 6.18. The molecule has 162 valence electrons.